The maximum Gasteiger partial charge on any atom is 0.191 e. The van der Waals surface area contributed by atoms with Crippen molar-refractivity contribution in [2.45, 2.75) is 18.2 Å². The Labute approximate surface area is 179 Å². The molecule has 0 aliphatic rings. The molecule has 30 heavy (non-hydrogen) atoms. The first-order valence-corrected chi connectivity index (χ1v) is 10.4. The molecule has 0 radical (unpaired) electrons. The molecule has 6 nitrogen and oxygen atoms in total. The Balaban J connectivity index is 1.58. The molecule has 158 valence electrons. The summed E-state index contributed by atoms with van der Waals surface area (Å²) in [6.07, 6.45) is 3.18. The maximum atomic E-state index is 14.0. The molecular weight excluding hydrogens is 405 g/mol. The molecule has 1 aromatic heterocycles. The van der Waals surface area contributed by atoms with Gasteiger partial charge in [-0.25, -0.2) is 4.39 Å². The summed E-state index contributed by atoms with van der Waals surface area (Å²) in [5, 5.41) is 19.1. The fraction of sp³-hybridized carbons (Fsp3) is 0.273. The molecule has 0 aliphatic carbocycles. The summed E-state index contributed by atoms with van der Waals surface area (Å²) in [7, 11) is 3.35. The van der Waals surface area contributed by atoms with Crippen LogP contribution in [0, 0.1) is 5.82 Å². The van der Waals surface area contributed by atoms with Crippen LogP contribution in [0.5, 0.6) is 11.5 Å². The van der Waals surface area contributed by atoms with Gasteiger partial charge in [-0.2, -0.15) is 0 Å². The van der Waals surface area contributed by atoms with Gasteiger partial charge in [0.1, 0.15) is 12.4 Å². The van der Waals surface area contributed by atoms with Gasteiger partial charge in [0.25, 0.3) is 0 Å². The van der Waals surface area contributed by atoms with E-state index in [0.29, 0.717) is 33.8 Å². The van der Waals surface area contributed by atoms with Crippen LogP contribution in [-0.4, -0.2) is 45.4 Å². The number of methoxy groups -OCH3 is 1. The zero-order chi connectivity index (χ0) is 21.5. The molecular formula is C22H24FN3O3S. The lowest BCUT2D eigenvalue weighted by Gasteiger charge is -2.14. The van der Waals surface area contributed by atoms with Gasteiger partial charge in [-0.3, -0.25) is 0 Å². The van der Waals surface area contributed by atoms with Gasteiger partial charge in [0.2, 0.25) is 0 Å². The topological polar surface area (TPSA) is 69.4 Å². The lowest BCUT2D eigenvalue weighted by Crippen LogP contribution is -2.20. The van der Waals surface area contributed by atoms with E-state index in [9.17, 15) is 9.50 Å². The van der Waals surface area contributed by atoms with Gasteiger partial charge in [-0.05, 0) is 36.8 Å². The van der Waals surface area contributed by atoms with E-state index in [0.717, 1.165) is 5.56 Å². The minimum Gasteiger partial charge on any atom is -0.493 e. The summed E-state index contributed by atoms with van der Waals surface area (Å²) in [5.41, 5.74) is 1.39. The van der Waals surface area contributed by atoms with Gasteiger partial charge in [-0.1, -0.05) is 42.1 Å². The van der Waals surface area contributed by atoms with E-state index in [2.05, 4.69) is 10.2 Å². The van der Waals surface area contributed by atoms with E-state index in [1.165, 1.54) is 17.8 Å². The molecule has 2 aromatic carbocycles. The van der Waals surface area contributed by atoms with Crippen LogP contribution in [-0.2, 0) is 7.05 Å². The van der Waals surface area contributed by atoms with E-state index in [4.69, 9.17) is 9.47 Å². The molecule has 0 aliphatic heterocycles. The van der Waals surface area contributed by atoms with Gasteiger partial charge in [0.15, 0.2) is 22.5 Å². The van der Waals surface area contributed by atoms with Crippen molar-refractivity contribution in [2.75, 3.05) is 19.5 Å². The second-order valence-corrected chi connectivity index (χ2v) is 7.52. The molecule has 1 N–H and O–H groups in total. The van der Waals surface area contributed by atoms with Gasteiger partial charge in [0, 0.05) is 12.8 Å². The molecule has 1 atom stereocenters. The summed E-state index contributed by atoms with van der Waals surface area (Å²) >= 11 is 1.33. The molecule has 0 bridgehead atoms. The number of hydrogen-bond donors (Lipinski definition) is 1. The van der Waals surface area contributed by atoms with Crippen LogP contribution in [0.1, 0.15) is 12.5 Å². The number of rotatable bonds is 9. The average Bonchev–Trinajstić information content (AvgIpc) is 3.12. The Hall–Kier alpha value is -2.84. The normalized spacial score (nSPS) is 12.3. The molecule has 1 heterocycles. The summed E-state index contributed by atoms with van der Waals surface area (Å²) in [6, 6.07) is 12.0. The summed E-state index contributed by atoms with van der Waals surface area (Å²) in [5.74, 6) is 1.60. The number of thioether (sulfide) groups is 1. The quantitative estimate of drug-likeness (QED) is 0.514. The minimum absolute atomic E-state index is 0.102. The third kappa shape index (κ3) is 5.20. The van der Waals surface area contributed by atoms with E-state index >= 15 is 0 Å². The highest BCUT2D eigenvalue weighted by Gasteiger charge is 2.16. The van der Waals surface area contributed by atoms with Crippen LogP contribution >= 0.6 is 11.8 Å². The molecule has 0 saturated heterocycles. The van der Waals surface area contributed by atoms with Crippen molar-refractivity contribution in [3.8, 4) is 22.9 Å². The third-order valence-electron chi connectivity index (χ3n) is 4.33. The zero-order valence-corrected chi connectivity index (χ0v) is 17.9. The molecule has 0 saturated carbocycles. The first-order chi connectivity index (χ1) is 14.5. The number of nitrogens with zero attached hydrogens (tertiary/aromatic N) is 3. The molecule has 3 aromatic rings. The van der Waals surface area contributed by atoms with Crippen LogP contribution in [0.25, 0.3) is 17.5 Å². The highest BCUT2D eigenvalue weighted by molar-refractivity contribution is 7.99. The van der Waals surface area contributed by atoms with Gasteiger partial charge in [0.05, 0.1) is 18.8 Å². The first kappa shape index (κ1) is 21.9. The maximum absolute atomic E-state index is 14.0. The summed E-state index contributed by atoms with van der Waals surface area (Å²) in [4.78, 5) is 0. The number of aliphatic hydroxyl groups excluding tert-OH is 1. The number of aromatic nitrogens is 3. The monoisotopic (exact) mass is 429 g/mol. The second kappa shape index (κ2) is 10.3. The number of ether oxygens (including phenoxy) is 2. The Bertz CT molecular complexity index is 1020. The number of allylic oxidation sites excluding steroid dienone is 1. The highest BCUT2D eigenvalue weighted by atomic mass is 32.2. The van der Waals surface area contributed by atoms with Crippen molar-refractivity contribution < 1.29 is 19.0 Å². The Morgan fingerprint density at radius 2 is 2.00 bits per heavy atom. The van der Waals surface area contributed by atoms with Crippen molar-refractivity contribution in [3.63, 3.8) is 0 Å². The summed E-state index contributed by atoms with van der Waals surface area (Å²) < 4.78 is 26.8. The largest absolute Gasteiger partial charge is 0.493 e. The van der Waals surface area contributed by atoms with E-state index in [1.807, 2.05) is 37.3 Å². The van der Waals surface area contributed by atoms with Crippen LogP contribution in [0.4, 0.5) is 4.39 Å². The number of hydrogen-bond acceptors (Lipinski definition) is 6. The number of aliphatic hydroxyl groups is 1. The van der Waals surface area contributed by atoms with Gasteiger partial charge >= 0.3 is 0 Å². The van der Waals surface area contributed by atoms with Crippen LogP contribution < -0.4 is 9.47 Å². The first-order valence-electron chi connectivity index (χ1n) is 9.42. The number of halogens is 1. The zero-order valence-electron chi connectivity index (χ0n) is 17.1. The van der Waals surface area contributed by atoms with E-state index < -0.39 is 6.10 Å². The van der Waals surface area contributed by atoms with Crippen molar-refractivity contribution >= 4 is 17.8 Å². The molecule has 0 amide bonds. The predicted molar refractivity (Wildman–Crippen MR) is 116 cm³/mol. The fourth-order valence-corrected chi connectivity index (χ4v) is 3.64. The van der Waals surface area contributed by atoms with Crippen molar-refractivity contribution in [2.24, 2.45) is 7.05 Å². The smallest absolute Gasteiger partial charge is 0.191 e. The van der Waals surface area contributed by atoms with Crippen LogP contribution in [0.3, 0.4) is 0 Å². The Morgan fingerprint density at radius 1 is 1.20 bits per heavy atom. The molecule has 1 unspecified atom stereocenters. The average molecular weight is 430 g/mol. The highest BCUT2D eigenvalue weighted by Crippen LogP contribution is 2.29. The van der Waals surface area contributed by atoms with Crippen molar-refractivity contribution in [3.05, 3.63) is 59.9 Å². The lowest BCUT2D eigenvalue weighted by molar-refractivity contribution is 0.124. The summed E-state index contributed by atoms with van der Waals surface area (Å²) in [6.45, 7) is 2.05. The minimum atomic E-state index is -0.733. The van der Waals surface area contributed by atoms with E-state index in [-0.39, 0.29) is 12.4 Å². The molecule has 8 heteroatoms. The number of benzene rings is 2. The fourth-order valence-electron chi connectivity index (χ4n) is 2.82. The molecule has 0 fully saturated rings. The standard InChI is InChI=1S/C22H24FN3O3S/c1-4-7-15-10-11-19(20(12-15)28-3)29-13-16(27)14-30-22-25-24-21(26(22)2)17-8-5-6-9-18(17)23/h4-12,16,27H,13-14H2,1-3H3/b7-4+. The Kier molecular flexibility index (Phi) is 7.48. The predicted octanol–water partition coefficient (Wildman–Crippen LogP) is 4.19. The molecule has 0 spiro atoms. The Morgan fingerprint density at radius 3 is 2.73 bits per heavy atom. The van der Waals surface area contributed by atoms with Crippen LogP contribution in [0.15, 0.2) is 53.7 Å². The van der Waals surface area contributed by atoms with Crippen LogP contribution in [0.2, 0.25) is 0 Å². The molecule has 3 rings (SSSR count). The SMILES string of the molecule is C/C=C/c1ccc(OCC(O)CSc2nnc(-c3ccccc3F)n2C)c(OC)c1. The van der Waals surface area contributed by atoms with Gasteiger partial charge in [-0.15, -0.1) is 10.2 Å². The van der Waals surface area contributed by atoms with Crippen molar-refractivity contribution in [1.29, 1.82) is 0 Å². The van der Waals surface area contributed by atoms with E-state index in [1.54, 1.807) is 36.9 Å². The third-order valence-corrected chi connectivity index (χ3v) is 5.50. The van der Waals surface area contributed by atoms with Crippen molar-refractivity contribution in [1.82, 2.24) is 14.8 Å². The second-order valence-electron chi connectivity index (χ2n) is 6.53. The van der Waals surface area contributed by atoms with Gasteiger partial charge < -0.3 is 19.1 Å². The lowest BCUT2D eigenvalue weighted by atomic mass is 10.2.